The van der Waals surface area contributed by atoms with Gasteiger partial charge in [-0.05, 0) is 37.3 Å². The highest BCUT2D eigenvalue weighted by molar-refractivity contribution is 5.98. The lowest BCUT2D eigenvalue weighted by molar-refractivity contribution is -0.152. The van der Waals surface area contributed by atoms with Gasteiger partial charge in [-0.15, -0.1) is 0 Å². The lowest BCUT2D eigenvalue weighted by Gasteiger charge is -2.14. The number of hydrogen-bond donors (Lipinski definition) is 2. The monoisotopic (exact) mass is 411 g/mol. The van der Waals surface area contributed by atoms with Gasteiger partial charge in [0.15, 0.2) is 6.10 Å². The minimum Gasteiger partial charge on any atom is -0.497 e. The molecule has 0 fully saturated rings. The topological polar surface area (TPSA) is 127 Å². The van der Waals surface area contributed by atoms with Gasteiger partial charge >= 0.3 is 5.97 Å². The first kappa shape index (κ1) is 22.2. The molecule has 0 aliphatic heterocycles. The predicted octanol–water partition coefficient (Wildman–Crippen LogP) is 1.88. The fourth-order valence-corrected chi connectivity index (χ4v) is 2.40. The summed E-state index contributed by atoms with van der Waals surface area (Å²) in [5, 5.41) is 13.9. The minimum absolute atomic E-state index is 0.238. The quantitative estimate of drug-likeness (QED) is 0.635. The number of carbonyl (C=O) groups excluding carboxylic acids is 3. The molecule has 0 heterocycles. The third-order valence-electron chi connectivity index (χ3n) is 3.94. The van der Waals surface area contributed by atoms with Crippen molar-refractivity contribution in [3.05, 3.63) is 53.6 Å². The summed E-state index contributed by atoms with van der Waals surface area (Å²) in [4.78, 5) is 36.4. The first-order valence-electron chi connectivity index (χ1n) is 8.88. The number of amides is 2. The van der Waals surface area contributed by atoms with Crippen molar-refractivity contribution in [2.45, 2.75) is 13.0 Å². The third-order valence-corrected chi connectivity index (χ3v) is 3.94. The van der Waals surface area contributed by atoms with Crippen LogP contribution in [-0.2, 0) is 14.3 Å². The largest absolute Gasteiger partial charge is 0.497 e. The number of ether oxygens (including phenoxy) is 3. The van der Waals surface area contributed by atoms with E-state index in [0.717, 1.165) is 0 Å². The molecule has 0 aliphatic carbocycles. The number of methoxy groups -OCH3 is 2. The zero-order valence-corrected chi connectivity index (χ0v) is 16.7. The van der Waals surface area contributed by atoms with Crippen LogP contribution in [0, 0.1) is 11.3 Å². The maximum Gasteiger partial charge on any atom is 0.326 e. The SMILES string of the molecule is COc1cc(OC)cc(C(=O)NCC(=O)O[C@@H](C)C(=O)Nc2cccc(C#N)c2)c1. The van der Waals surface area contributed by atoms with Gasteiger partial charge in [-0.1, -0.05) is 6.07 Å². The van der Waals surface area contributed by atoms with Crippen LogP contribution in [0.4, 0.5) is 5.69 Å². The summed E-state index contributed by atoms with van der Waals surface area (Å²) in [6.07, 6.45) is -1.10. The molecule has 0 saturated heterocycles. The Morgan fingerprint density at radius 1 is 1.07 bits per heavy atom. The number of hydrogen-bond acceptors (Lipinski definition) is 7. The molecule has 2 rings (SSSR count). The van der Waals surface area contributed by atoms with E-state index >= 15 is 0 Å². The van der Waals surface area contributed by atoms with E-state index in [2.05, 4.69) is 10.6 Å². The van der Waals surface area contributed by atoms with Crippen LogP contribution in [0.3, 0.4) is 0 Å². The summed E-state index contributed by atoms with van der Waals surface area (Å²) in [7, 11) is 2.91. The summed E-state index contributed by atoms with van der Waals surface area (Å²) in [6.45, 7) is 0.968. The van der Waals surface area contributed by atoms with Crippen molar-refractivity contribution in [2.24, 2.45) is 0 Å². The number of nitrogens with zero attached hydrogens (tertiary/aromatic N) is 1. The lowest BCUT2D eigenvalue weighted by Crippen LogP contribution is -2.35. The molecular formula is C21H21N3O6. The smallest absolute Gasteiger partial charge is 0.326 e. The number of anilines is 1. The molecule has 0 bridgehead atoms. The molecule has 0 unspecified atom stereocenters. The number of nitrogens with one attached hydrogen (secondary N) is 2. The molecule has 2 amide bonds. The van der Waals surface area contributed by atoms with E-state index in [0.29, 0.717) is 22.7 Å². The molecule has 0 aliphatic rings. The number of esters is 1. The van der Waals surface area contributed by atoms with Gasteiger partial charge in [0, 0.05) is 17.3 Å². The van der Waals surface area contributed by atoms with Gasteiger partial charge in [0.05, 0.1) is 25.9 Å². The summed E-state index contributed by atoms with van der Waals surface area (Å²) in [6, 6.07) is 12.9. The summed E-state index contributed by atoms with van der Waals surface area (Å²) in [5.41, 5.74) is 1.03. The summed E-state index contributed by atoms with van der Waals surface area (Å²) >= 11 is 0. The number of nitriles is 1. The van der Waals surface area contributed by atoms with Gasteiger partial charge < -0.3 is 24.8 Å². The molecule has 2 aromatic rings. The van der Waals surface area contributed by atoms with Crippen LogP contribution >= 0.6 is 0 Å². The van der Waals surface area contributed by atoms with Gasteiger partial charge in [-0.2, -0.15) is 5.26 Å². The van der Waals surface area contributed by atoms with Gasteiger partial charge in [-0.25, -0.2) is 0 Å². The maximum atomic E-state index is 12.3. The van der Waals surface area contributed by atoms with Crippen molar-refractivity contribution < 1.29 is 28.6 Å². The number of rotatable bonds is 8. The first-order valence-corrected chi connectivity index (χ1v) is 8.88. The van der Waals surface area contributed by atoms with Gasteiger partial charge in [-0.3, -0.25) is 14.4 Å². The fraction of sp³-hybridized carbons (Fsp3) is 0.238. The molecule has 0 saturated carbocycles. The normalized spacial score (nSPS) is 10.9. The second kappa shape index (κ2) is 10.5. The van der Waals surface area contributed by atoms with Crippen molar-refractivity contribution >= 4 is 23.5 Å². The Labute approximate surface area is 173 Å². The van der Waals surface area contributed by atoms with E-state index in [4.69, 9.17) is 19.5 Å². The van der Waals surface area contributed by atoms with Crippen molar-refractivity contribution in [3.63, 3.8) is 0 Å². The van der Waals surface area contributed by atoms with Crippen LogP contribution in [0.15, 0.2) is 42.5 Å². The Balaban J connectivity index is 1.88. The molecule has 0 radical (unpaired) electrons. The van der Waals surface area contributed by atoms with Crippen molar-refractivity contribution in [1.29, 1.82) is 5.26 Å². The molecule has 1 atom stereocenters. The van der Waals surface area contributed by atoms with Crippen LogP contribution in [0.2, 0.25) is 0 Å². The van der Waals surface area contributed by atoms with E-state index in [-0.39, 0.29) is 5.56 Å². The second-order valence-corrected chi connectivity index (χ2v) is 6.10. The zero-order valence-electron chi connectivity index (χ0n) is 16.7. The maximum absolute atomic E-state index is 12.3. The average Bonchev–Trinajstić information content (AvgIpc) is 2.76. The fourth-order valence-electron chi connectivity index (χ4n) is 2.40. The van der Waals surface area contributed by atoms with Gasteiger partial charge in [0.2, 0.25) is 0 Å². The van der Waals surface area contributed by atoms with Crippen LogP contribution in [0.25, 0.3) is 0 Å². The first-order chi connectivity index (χ1) is 14.4. The number of benzene rings is 2. The second-order valence-electron chi connectivity index (χ2n) is 6.10. The molecule has 30 heavy (non-hydrogen) atoms. The third kappa shape index (κ3) is 6.24. The van der Waals surface area contributed by atoms with E-state index < -0.39 is 30.4 Å². The molecule has 156 valence electrons. The highest BCUT2D eigenvalue weighted by Crippen LogP contribution is 2.22. The van der Waals surface area contributed by atoms with Crippen LogP contribution in [0.1, 0.15) is 22.8 Å². The molecular weight excluding hydrogens is 390 g/mol. The van der Waals surface area contributed by atoms with E-state index in [1.54, 1.807) is 24.3 Å². The summed E-state index contributed by atoms with van der Waals surface area (Å²) < 4.78 is 15.2. The zero-order chi connectivity index (χ0) is 22.1. The Hall–Kier alpha value is -4.06. The van der Waals surface area contributed by atoms with Crippen LogP contribution in [-0.4, -0.2) is 44.7 Å². The molecule has 2 N–H and O–H groups in total. The van der Waals surface area contributed by atoms with Gasteiger partial charge in [0.1, 0.15) is 18.0 Å². The van der Waals surface area contributed by atoms with Crippen molar-refractivity contribution in [1.82, 2.24) is 5.32 Å². The van der Waals surface area contributed by atoms with Crippen molar-refractivity contribution in [3.8, 4) is 17.6 Å². The standard InChI is InChI=1S/C21H21N3O6/c1-13(20(26)24-16-6-4-5-14(7-16)11-22)30-19(25)12-23-21(27)15-8-17(28-2)10-18(9-15)29-3/h4-10,13H,12H2,1-3H3,(H,23,27)(H,24,26)/t13-/m0/s1. The Kier molecular flexibility index (Phi) is 7.76. The lowest BCUT2D eigenvalue weighted by atomic mass is 10.2. The highest BCUT2D eigenvalue weighted by Gasteiger charge is 2.19. The Morgan fingerprint density at radius 2 is 1.73 bits per heavy atom. The average molecular weight is 411 g/mol. The molecule has 0 spiro atoms. The van der Waals surface area contributed by atoms with E-state index in [1.807, 2.05) is 6.07 Å². The van der Waals surface area contributed by atoms with Gasteiger partial charge in [0.25, 0.3) is 11.8 Å². The van der Waals surface area contributed by atoms with E-state index in [9.17, 15) is 14.4 Å². The molecule has 0 aromatic heterocycles. The molecule has 2 aromatic carbocycles. The summed E-state index contributed by atoms with van der Waals surface area (Å²) in [5.74, 6) is -1.04. The minimum atomic E-state index is -1.10. The number of carbonyl (C=O) groups is 3. The Bertz CT molecular complexity index is 961. The van der Waals surface area contributed by atoms with E-state index in [1.165, 1.54) is 39.3 Å². The molecule has 9 nitrogen and oxygen atoms in total. The van der Waals surface area contributed by atoms with Crippen LogP contribution in [0.5, 0.6) is 11.5 Å². The predicted molar refractivity (Wildman–Crippen MR) is 107 cm³/mol. The molecule has 9 heteroatoms. The highest BCUT2D eigenvalue weighted by atomic mass is 16.5. The van der Waals surface area contributed by atoms with Crippen LogP contribution < -0.4 is 20.1 Å². The Morgan fingerprint density at radius 3 is 2.33 bits per heavy atom. The van der Waals surface area contributed by atoms with Crippen molar-refractivity contribution in [2.75, 3.05) is 26.1 Å².